The number of halogens is 3. The number of amides is 1. The smallest absolute Gasteiger partial charge is 0.368 e. The van der Waals surface area contributed by atoms with Crippen molar-refractivity contribution in [1.82, 2.24) is 15.5 Å². The molecule has 0 radical (unpaired) electrons. The number of sulfonamides is 1. The Balaban J connectivity index is 2.38. The number of aryl methyl sites for hydroxylation is 1. The number of pyridine rings is 1. The average Bonchev–Trinajstić information content (AvgIpc) is 2.80. The molecule has 0 saturated heterocycles. The summed E-state index contributed by atoms with van der Waals surface area (Å²) < 4.78 is 65.7. The van der Waals surface area contributed by atoms with Crippen molar-refractivity contribution in [2.45, 2.75) is 30.8 Å². The third-order valence-corrected chi connectivity index (χ3v) is 5.96. The van der Waals surface area contributed by atoms with Gasteiger partial charge in [0.1, 0.15) is 5.69 Å². The van der Waals surface area contributed by atoms with E-state index in [0.717, 1.165) is 17.7 Å². The molecule has 13 nitrogen and oxygen atoms in total. The van der Waals surface area contributed by atoms with E-state index in [4.69, 9.17) is 16.0 Å². The highest BCUT2D eigenvalue weighted by Crippen LogP contribution is 2.20. The van der Waals surface area contributed by atoms with Crippen molar-refractivity contribution in [2.75, 3.05) is 17.9 Å². The largest absolute Gasteiger partial charge is 0.493 e. The fourth-order valence-electron chi connectivity index (χ4n) is 2.72. The van der Waals surface area contributed by atoms with Crippen LogP contribution in [0.4, 0.5) is 18.9 Å². The molecule has 1 aromatic heterocycles. The first-order valence-corrected chi connectivity index (χ1v) is 11.8. The van der Waals surface area contributed by atoms with Crippen molar-refractivity contribution in [1.29, 1.82) is 5.41 Å². The molecule has 0 bridgehead atoms. The zero-order valence-corrected chi connectivity index (χ0v) is 20.2. The fraction of sp³-hybridized carbons (Fsp3) is 0.300. The summed E-state index contributed by atoms with van der Waals surface area (Å²) in [6, 6.07) is 7.35. The van der Waals surface area contributed by atoms with Crippen molar-refractivity contribution in [2.24, 2.45) is 5.73 Å². The van der Waals surface area contributed by atoms with Gasteiger partial charge in [0.2, 0.25) is 11.9 Å². The van der Waals surface area contributed by atoms with Gasteiger partial charge in [-0.05, 0) is 38.1 Å². The van der Waals surface area contributed by atoms with Gasteiger partial charge in [0.15, 0.2) is 0 Å². The summed E-state index contributed by atoms with van der Waals surface area (Å²) >= 11 is 0. The molecule has 1 aromatic carbocycles. The Morgan fingerprint density at radius 3 is 2.35 bits per heavy atom. The number of aromatic nitrogens is 1. The number of alkyl halides is 3. The van der Waals surface area contributed by atoms with E-state index in [0.29, 0.717) is 0 Å². The van der Waals surface area contributed by atoms with E-state index in [1.807, 2.05) is 10.2 Å². The number of carbonyl (C=O) groups excluding carboxylic acids is 2. The van der Waals surface area contributed by atoms with Crippen molar-refractivity contribution < 1.29 is 40.9 Å². The van der Waals surface area contributed by atoms with Crippen LogP contribution in [0.25, 0.3) is 0 Å². The molecule has 0 saturated carbocycles. The second kappa shape index (κ2) is 11.7. The van der Waals surface area contributed by atoms with Gasteiger partial charge < -0.3 is 15.9 Å². The molecular formula is C20H23F3N6O7S. The molecule has 0 aliphatic heterocycles. The first kappa shape index (κ1) is 29.1. The molecule has 1 amide bonds. The minimum Gasteiger partial charge on any atom is -0.368 e. The van der Waals surface area contributed by atoms with Gasteiger partial charge in [0.25, 0.3) is 10.0 Å². The number of benzene rings is 1. The lowest BCUT2D eigenvalue weighted by molar-refractivity contribution is -0.200. The first-order chi connectivity index (χ1) is 17.1. The summed E-state index contributed by atoms with van der Waals surface area (Å²) in [5, 5.41) is 9.28. The molecule has 2 rings (SSSR count). The molecule has 1 atom stereocenters. The fourth-order valence-corrected chi connectivity index (χ4v) is 3.78. The maximum Gasteiger partial charge on any atom is 0.493 e. The average molecular weight is 549 g/mol. The van der Waals surface area contributed by atoms with Crippen LogP contribution in [0.15, 0.2) is 46.1 Å². The van der Waals surface area contributed by atoms with Crippen LogP contribution in [-0.4, -0.2) is 50.3 Å². The van der Waals surface area contributed by atoms with Gasteiger partial charge in [-0.3, -0.25) is 24.6 Å². The predicted octanol–water partition coefficient (Wildman–Crippen LogP) is 0.109. The van der Waals surface area contributed by atoms with Crippen molar-refractivity contribution in [3.05, 3.63) is 58.0 Å². The lowest BCUT2D eigenvalue weighted by Gasteiger charge is -2.19. The van der Waals surface area contributed by atoms with Crippen LogP contribution in [0.5, 0.6) is 0 Å². The highest BCUT2D eigenvalue weighted by atomic mass is 32.2. The van der Waals surface area contributed by atoms with Crippen LogP contribution in [0, 0.1) is 12.3 Å². The summed E-state index contributed by atoms with van der Waals surface area (Å²) in [6.45, 7) is 2.62. The number of carbonyl (C=O) groups is 2. The molecule has 6 N–H and O–H groups in total. The summed E-state index contributed by atoms with van der Waals surface area (Å²) in [7, 11) is -4.35. The molecular weight excluding hydrogens is 525 g/mol. The van der Waals surface area contributed by atoms with Crippen LogP contribution in [0.3, 0.4) is 0 Å². The Kier molecular flexibility index (Phi) is 9.24. The highest BCUT2D eigenvalue weighted by molar-refractivity contribution is 7.92. The van der Waals surface area contributed by atoms with Gasteiger partial charge in [-0.2, -0.15) is 13.2 Å². The number of nitrogens with two attached hydrogens (primary N) is 1. The van der Waals surface area contributed by atoms with Gasteiger partial charge >= 0.3 is 17.7 Å². The predicted molar refractivity (Wildman–Crippen MR) is 123 cm³/mol. The number of nitrogens with zero attached hydrogens (tertiary/aromatic N) is 1. The zero-order valence-electron chi connectivity index (χ0n) is 19.4. The van der Waals surface area contributed by atoms with E-state index in [9.17, 15) is 36.0 Å². The summed E-state index contributed by atoms with van der Waals surface area (Å²) in [5.74, 6) is -5.42. The van der Waals surface area contributed by atoms with E-state index < -0.39 is 56.9 Å². The Morgan fingerprint density at radius 1 is 1.16 bits per heavy atom. The van der Waals surface area contributed by atoms with Gasteiger partial charge in [-0.15, -0.1) is 4.73 Å². The number of hydrogen-bond acceptors (Lipinski definition) is 8. The standard InChI is InChI=1S/C20H23F3N6O7S/c1-11-3-5-13(6-4-11)37(33,34)28-14-7-8-15(29(17(14)31)36-18(32)20(21,22)23)12(2)16(30)26-9-10-35-27-19(24)25/h3-8,12,28H,9-10H2,1-2H3,(H,26,30)(H4,24,25,27). The van der Waals surface area contributed by atoms with E-state index in [1.54, 1.807) is 6.92 Å². The number of hydroxylamine groups is 1. The second-order valence-electron chi connectivity index (χ2n) is 7.44. The molecule has 0 spiro atoms. The monoisotopic (exact) mass is 548 g/mol. The van der Waals surface area contributed by atoms with E-state index in [-0.39, 0.29) is 22.8 Å². The minimum atomic E-state index is -5.50. The number of nitrogens with one attached hydrogen (secondary N) is 4. The molecule has 37 heavy (non-hydrogen) atoms. The molecule has 2 aromatic rings. The van der Waals surface area contributed by atoms with Gasteiger partial charge in [-0.25, -0.2) is 18.7 Å². The van der Waals surface area contributed by atoms with Gasteiger partial charge in [0, 0.05) is 6.54 Å². The maximum absolute atomic E-state index is 12.9. The highest BCUT2D eigenvalue weighted by Gasteiger charge is 2.43. The van der Waals surface area contributed by atoms with Crippen LogP contribution in [0.2, 0.25) is 0 Å². The SMILES string of the molecule is Cc1ccc(S(=O)(=O)Nc2ccc(C(C)C(=O)NCCONC(=N)N)n(OC(=O)C(F)(F)F)c2=O)cc1. The van der Waals surface area contributed by atoms with Crippen molar-refractivity contribution in [3.63, 3.8) is 0 Å². The van der Waals surface area contributed by atoms with Gasteiger partial charge in [-0.1, -0.05) is 17.7 Å². The molecule has 0 aliphatic rings. The molecule has 202 valence electrons. The molecule has 0 fully saturated rings. The van der Waals surface area contributed by atoms with E-state index in [1.165, 1.54) is 31.2 Å². The Morgan fingerprint density at radius 2 is 1.78 bits per heavy atom. The van der Waals surface area contributed by atoms with Crippen LogP contribution in [0.1, 0.15) is 24.1 Å². The van der Waals surface area contributed by atoms with Crippen LogP contribution in [-0.2, 0) is 24.4 Å². The molecule has 1 unspecified atom stereocenters. The topological polar surface area (TPSA) is 195 Å². The zero-order chi connectivity index (χ0) is 28.0. The Hall–Kier alpha value is -4.12. The van der Waals surface area contributed by atoms with Crippen LogP contribution >= 0.6 is 0 Å². The van der Waals surface area contributed by atoms with E-state index in [2.05, 4.69) is 10.2 Å². The number of rotatable bonds is 10. The van der Waals surface area contributed by atoms with Gasteiger partial charge in [0.05, 0.1) is 23.1 Å². The normalized spacial score (nSPS) is 12.4. The quantitative estimate of drug-likeness (QED) is 0.118. The summed E-state index contributed by atoms with van der Waals surface area (Å²) in [4.78, 5) is 45.6. The second-order valence-corrected chi connectivity index (χ2v) is 9.13. The maximum atomic E-state index is 12.9. The first-order valence-electron chi connectivity index (χ1n) is 10.3. The van der Waals surface area contributed by atoms with Crippen molar-refractivity contribution in [3.8, 4) is 0 Å². The minimum absolute atomic E-state index is 0.0964. The van der Waals surface area contributed by atoms with Crippen LogP contribution < -0.4 is 31.6 Å². The van der Waals surface area contributed by atoms with E-state index >= 15 is 0 Å². The number of anilines is 1. The number of guanidine groups is 1. The van der Waals surface area contributed by atoms with Crippen molar-refractivity contribution >= 4 is 33.5 Å². The lowest BCUT2D eigenvalue weighted by atomic mass is 10.1. The third kappa shape index (κ3) is 7.94. The molecule has 1 heterocycles. The number of hydrogen-bond donors (Lipinski definition) is 5. The summed E-state index contributed by atoms with van der Waals surface area (Å²) in [5.41, 5.74) is 5.08. The lowest BCUT2D eigenvalue weighted by Crippen LogP contribution is -2.42. The molecule has 0 aliphatic carbocycles. The Labute approximate surface area is 208 Å². The Bertz CT molecular complexity index is 1330. The molecule has 17 heteroatoms. The summed E-state index contributed by atoms with van der Waals surface area (Å²) in [6.07, 6.45) is -5.50. The third-order valence-electron chi connectivity index (χ3n) is 4.57.